The standard InChI is InChI=1S/C61H51F37Si2/c1-30(2)99(31(3)4,24-20-45(64,65)49(70,71)53(78,79)57(86,87)55(82,83)51(74,75)47(68,44(9,62)63)59(90,91)92)22-18-38-40-26-34-14-10-12-16-36(34)28-42(40)39(43-29-37-17-13-11-15-35(37)27-41(38)43)19-23-100(32(5)6,33(7)8)25-21-46(66,67)50(72,73)54(80,81)58(88,89)56(84,85)52(76,77)48(69,60(93,94)95)61(96,97)98/h10-17,26-33H,20-21,24-25H2,1-9H3. The molecule has 5 aromatic carbocycles. The van der Waals surface area contributed by atoms with Gasteiger partial charge >= 0.3 is 101 Å². The molecule has 5 rings (SSSR count). The maximum atomic E-state index is 15.9. The summed E-state index contributed by atoms with van der Waals surface area (Å²) in [6.45, 7) is 7.59. The number of benzene rings is 5. The molecule has 0 saturated heterocycles. The van der Waals surface area contributed by atoms with Crippen LogP contribution in [0.15, 0.2) is 72.8 Å². The summed E-state index contributed by atoms with van der Waals surface area (Å²) < 4.78 is 539. The predicted molar refractivity (Wildman–Crippen MR) is 297 cm³/mol. The van der Waals surface area contributed by atoms with Crippen LogP contribution in [0.3, 0.4) is 0 Å². The summed E-state index contributed by atoms with van der Waals surface area (Å²) in [6, 6.07) is 13.5. The molecule has 5 aromatic rings. The zero-order chi connectivity index (χ0) is 78.2. The van der Waals surface area contributed by atoms with Gasteiger partial charge in [0.2, 0.25) is 0 Å². The van der Waals surface area contributed by atoms with Gasteiger partial charge in [0.15, 0.2) is 0 Å². The predicted octanol–water partition coefficient (Wildman–Crippen LogP) is 24.8. The smallest absolute Gasteiger partial charge is 0.220 e. The molecule has 0 fully saturated rings. The molecule has 0 heterocycles. The Morgan fingerprint density at radius 1 is 0.290 bits per heavy atom. The Morgan fingerprint density at radius 2 is 0.490 bits per heavy atom. The van der Waals surface area contributed by atoms with E-state index in [1.807, 2.05) is 0 Å². The van der Waals surface area contributed by atoms with E-state index in [9.17, 15) is 101 Å². The van der Waals surface area contributed by atoms with E-state index in [-0.39, 0.29) is 54.2 Å². The quantitative estimate of drug-likeness (QED) is 0.0265. The minimum Gasteiger partial charge on any atom is -0.220 e. The maximum absolute atomic E-state index is 15.9. The Kier molecular flexibility index (Phi) is 21.6. The third-order valence-corrected chi connectivity index (χ3v) is 29.8. The molecule has 0 amide bonds. The Hall–Kier alpha value is -5.90. The van der Waals surface area contributed by atoms with Gasteiger partial charge in [-0.3, -0.25) is 0 Å². The van der Waals surface area contributed by atoms with Crippen LogP contribution in [0.1, 0.15) is 86.3 Å². The van der Waals surface area contributed by atoms with Gasteiger partial charge in [-0.1, -0.05) is 116 Å². The number of hydrogen-bond donors (Lipinski definition) is 0. The van der Waals surface area contributed by atoms with Crippen molar-refractivity contribution < 1.29 is 162 Å². The van der Waals surface area contributed by atoms with Crippen LogP contribution in [0.5, 0.6) is 0 Å². The van der Waals surface area contributed by atoms with Gasteiger partial charge in [0.25, 0.3) is 5.92 Å². The van der Waals surface area contributed by atoms with Gasteiger partial charge in [-0.15, -0.1) is 11.1 Å². The molecule has 0 spiro atoms. The molecule has 0 aliphatic heterocycles. The van der Waals surface area contributed by atoms with Crippen molar-refractivity contribution in [2.75, 3.05) is 0 Å². The van der Waals surface area contributed by atoms with Crippen molar-refractivity contribution in [2.45, 2.75) is 216 Å². The number of fused-ring (bicyclic) bond motifs is 4. The van der Waals surface area contributed by atoms with E-state index in [4.69, 9.17) is 0 Å². The molecule has 0 radical (unpaired) electrons. The molecule has 0 saturated carbocycles. The molecule has 0 aromatic heterocycles. The highest BCUT2D eigenvalue weighted by Gasteiger charge is 2.99. The Labute approximate surface area is 543 Å². The first-order chi connectivity index (χ1) is 44.3. The molecule has 562 valence electrons. The lowest BCUT2D eigenvalue weighted by Gasteiger charge is -2.46. The van der Waals surface area contributed by atoms with E-state index in [0.717, 1.165) is 55.4 Å². The van der Waals surface area contributed by atoms with Crippen LogP contribution in [0.25, 0.3) is 43.1 Å². The summed E-state index contributed by atoms with van der Waals surface area (Å²) >= 11 is 0. The van der Waals surface area contributed by atoms with E-state index in [2.05, 4.69) is 22.9 Å². The van der Waals surface area contributed by atoms with Gasteiger partial charge < -0.3 is 0 Å². The zero-order valence-corrected chi connectivity index (χ0v) is 54.1. The van der Waals surface area contributed by atoms with Crippen molar-refractivity contribution in [2.24, 2.45) is 0 Å². The topological polar surface area (TPSA) is 0 Å². The fourth-order valence-corrected chi connectivity index (χ4v) is 20.3. The SMILES string of the molecule is CC(C)[Si](C#Cc1c2cc3ccccc3cc2c(C#C[Si](CCC(F)(F)C(F)(F)C(F)(F)C(F)(F)C(F)(F)C(F)(F)C(F)(C(F)(F)F)C(F)(F)F)(C(C)C)C(C)C)c2cc3ccccc3cc12)(CCC(F)(F)C(F)(F)C(F)(F)C(F)(F)C(F)(F)C(F)(F)C(F)(C(C)(F)F)C(F)(F)F)C(C)C. The van der Waals surface area contributed by atoms with E-state index in [0.29, 0.717) is 0 Å². The van der Waals surface area contributed by atoms with Gasteiger partial charge in [0.05, 0.1) is 0 Å². The third kappa shape index (κ3) is 12.2. The number of halogens is 37. The van der Waals surface area contributed by atoms with Gasteiger partial charge in [-0.05, 0) is 102 Å². The normalized spacial score (nSPS) is 15.9. The number of alkyl halides is 37. The van der Waals surface area contributed by atoms with Gasteiger partial charge in [0.1, 0.15) is 16.1 Å². The van der Waals surface area contributed by atoms with Crippen LogP contribution in [0.2, 0.25) is 34.3 Å². The summed E-state index contributed by atoms with van der Waals surface area (Å²) in [5, 5.41) is 0.500. The summed E-state index contributed by atoms with van der Waals surface area (Å²) in [6.07, 6.45) is -30.9. The largest absolute Gasteiger partial charge is 0.438 e. The molecular weight excluding hydrogens is 1490 g/mol. The average Bonchev–Trinajstić information content (AvgIpc) is 0.690. The molecule has 1 atom stereocenters. The third-order valence-electron chi connectivity index (χ3n) is 18.2. The molecule has 0 N–H and O–H groups in total. The van der Waals surface area contributed by atoms with E-state index in [1.54, 1.807) is 0 Å². The first-order valence-corrected chi connectivity index (χ1v) is 33.4. The highest BCUT2D eigenvalue weighted by molar-refractivity contribution is 6.90. The van der Waals surface area contributed by atoms with Crippen molar-refractivity contribution in [3.63, 3.8) is 0 Å². The molecule has 0 nitrogen and oxygen atoms in total. The highest BCUT2D eigenvalue weighted by Crippen LogP contribution is 2.69. The van der Waals surface area contributed by atoms with E-state index in [1.165, 1.54) is 72.8 Å². The number of hydrogen-bond acceptors (Lipinski definition) is 0. The van der Waals surface area contributed by atoms with Crippen LogP contribution < -0.4 is 0 Å². The Morgan fingerprint density at radius 3 is 0.690 bits per heavy atom. The Bertz CT molecular complexity index is 3580. The summed E-state index contributed by atoms with van der Waals surface area (Å²) in [4.78, 5) is 0. The fraction of sp³-hybridized carbons (Fsp3) is 0.574. The lowest BCUT2D eigenvalue weighted by Crippen LogP contribution is -2.78. The van der Waals surface area contributed by atoms with Crippen LogP contribution in [0, 0.1) is 22.9 Å². The molecular formula is C61H51F37Si2. The van der Waals surface area contributed by atoms with Crippen LogP contribution in [0.4, 0.5) is 162 Å². The Balaban J connectivity index is 1.78. The van der Waals surface area contributed by atoms with Crippen LogP contribution >= 0.6 is 0 Å². The monoisotopic (exact) mass is 1540 g/mol. The first-order valence-electron chi connectivity index (χ1n) is 28.6. The van der Waals surface area contributed by atoms with Gasteiger partial charge in [0, 0.05) is 30.9 Å². The maximum Gasteiger partial charge on any atom is 0.438 e. The first kappa shape index (κ1) is 84.8. The second-order valence-corrected chi connectivity index (χ2v) is 35.6. The van der Waals surface area contributed by atoms with Gasteiger partial charge in [-0.2, -0.15) is 145 Å². The molecule has 0 bridgehead atoms. The van der Waals surface area contributed by atoms with Crippen molar-refractivity contribution in [1.82, 2.24) is 0 Å². The second-order valence-electron chi connectivity index (χ2n) is 25.3. The van der Waals surface area contributed by atoms with E-state index >= 15 is 61.5 Å². The van der Waals surface area contributed by atoms with Crippen LogP contribution in [-0.4, -0.2) is 123 Å². The van der Waals surface area contributed by atoms with Crippen LogP contribution in [-0.2, 0) is 0 Å². The average molecular weight is 1540 g/mol. The second kappa shape index (κ2) is 25.5. The van der Waals surface area contributed by atoms with E-state index < -0.39 is 177 Å². The van der Waals surface area contributed by atoms with Gasteiger partial charge in [-0.25, -0.2) is 17.6 Å². The molecule has 0 aliphatic carbocycles. The lowest BCUT2D eigenvalue weighted by molar-refractivity contribution is -0.472. The molecule has 100 heavy (non-hydrogen) atoms. The van der Waals surface area contributed by atoms with Crippen molar-refractivity contribution in [3.05, 3.63) is 83.9 Å². The van der Waals surface area contributed by atoms with Crippen molar-refractivity contribution >= 4 is 59.2 Å². The summed E-state index contributed by atoms with van der Waals surface area (Å²) in [5.74, 6) is -104. The molecule has 1 unspecified atom stereocenters. The zero-order valence-electron chi connectivity index (χ0n) is 52.1. The minimum atomic E-state index is -9.27. The summed E-state index contributed by atoms with van der Waals surface area (Å²) in [7, 11) is -9.12. The highest BCUT2D eigenvalue weighted by atomic mass is 28.3. The van der Waals surface area contributed by atoms with Crippen molar-refractivity contribution in [3.8, 4) is 22.9 Å². The minimum absolute atomic E-state index is 0.123. The number of rotatable bonds is 23. The molecule has 0 aliphatic rings. The lowest BCUT2D eigenvalue weighted by atomic mass is 9.81. The fourth-order valence-electron chi connectivity index (χ4n) is 11.8. The summed E-state index contributed by atoms with van der Waals surface area (Å²) in [5.41, 5.74) is -17.3. The van der Waals surface area contributed by atoms with Crippen molar-refractivity contribution in [1.29, 1.82) is 0 Å². The molecule has 39 heteroatoms.